The number of nitrogens with one attached hydrogen (secondary N) is 1. The van der Waals surface area contributed by atoms with Crippen LogP contribution in [0.1, 0.15) is 30.5 Å². The maximum Gasteiger partial charge on any atom is 0.386 e. The van der Waals surface area contributed by atoms with E-state index in [1.165, 1.54) is 0 Å². The highest BCUT2D eigenvalue weighted by molar-refractivity contribution is 5.66. The fourth-order valence-electron chi connectivity index (χ4n) is 3.26. The van der Waals surface area contributed by atoms with E-state index < -0.39 is 11.8 Å². The van der Waals surface area contributed by atoms with Crippen LogP contribution in [-0.4, -0.2) is 25.4 Å². The van der Waals surface area contributed by atoms with E-state index in [0.29, 0.717) is 0 Å². The first-order valence-electron chi connectivity index (χ1n) is 10.0. The van der Waals surface area contributed by atoms with Gasteiger partial charge in [-0.05, 0) is 60.9 Å². The third-order valence-electron chi connectivity index (χ3n) is 4.89. The lowest BCUT2D eigenvalue weighted by atomic mass is 9.87. The summed E-state index contributed by atoms with van der Waals surface area (Å²) in [7, 11) is 3.53. The molecule has 0 saturated carbocycles. The van der Waals surface area contributed by atoms with Gasteiger partial charge >= 0.3 is 6.18 Å². The number of anilines is 2. The Balaban J connectivity index is 0.000000654. The van der Waals surface area contributed by atoms with Crippen molar-refractivity contribution in [3.8, 4) is 5.75 Å². The monoisotopic (exact) mass is 446 g/mol. The van der Waals surface area contributed by atoms with Gasteiger partial charge in [0.05, 0.1) is 18.5 Å². The fourth-order valence-corrected chi connectivity index (χ4v) is 3.26. The summed E-state index contributed by atoms with van der Waals surface area (Å²) in [6.45, 7) is 4.06. The lowest BCUT2D eigenvalue weighted by molar-refractivity contribution is -0.110. The van der Waals surface area contributed by atoms with Gasteiger partial charge in [0.1, 0.15) is 11.4 Å². The molecule has 0 aliphatic heterocycles. The number of nitrogens with zero attached hydrogens (tertiary/aromatic N) is 1. The molecule has 0 radical (unpaired) electrons. The van der Waals surface area contributed by atoms with Crippen LogP contribution in [0.4, 0.5) is 24.5 Å². The van der Waals surface area contributed by atoms with E-state index >= 15 is 0 Å². The summed E-state index contributed by atoms with van der Waals surface area (Å²) < 4.78 is 36.3. The molecule has 3 rings (SSSR count). The van der Waals surface area contributed by atoms with Crippen LogP contribution in [0.25, 0.3) is 0 Å². The minimum absolute atomic E-state index is 0.188. The quantitative estimate of drug-likeness (QED) is 0.449. The van der Waals surface area contributed by atoms with E-state index in [1.54, 1.807) is 7.11 Å². The molecule has 7 heteroatoms. The first-order chi connectivity index (χ1) is 15.0. The summed E-state index contributed by atoms with van der Waals surface area (Å²) in [5.41, 5.74) is 6.98. The molecule has 0 aliphatic rings. The van der Waals surface area contributed by atoms with Gasteiger partial charge in [-0.25, -0.2) is 5.43 Å². The molecule has 2 N–H and O–H groups in total. The van der Waals surface area contributed by atoms with E-state index in [9.17, 15) is 18.3 Å². The number of para-hydroxylation sites is 1. The summed E-state index contributed by atoms with van der Waals surface area (Å²) in [5, 5.41) is 13.2. The van der Waals surface area contributed by atoms with Crippen molar-refractivity contribution in [2.45, 2.75) is 32.5 Å². The summed E-state index contributed by atoms with van der Waals surface area (Å²) in [4.78, 5) is 0. The zero-order chi connectivity index (χ0) is 23.9. The van der Waals surface area contributed by atoms with Gasteiger partial charge in [-0.2, -0.15) is 13.2 Å². The largest absolute Gasteiger partial charge is 0.497 e. The van der Waals surface area contributed by atoms with Crippen LogP contribution in [0.5, 0.6) is 5.75 Å². The van der Waals surface area contributed by atoms with Crippen molar-refractivity contribution in [3.05, 3.63) is 89.5 Å². The Morgan fingerprint density at radius 1 is 0.875 bits per heavy atom. The average molecular weight is 447 g/mol. The molecule has 0 spiro atoms. The van der Waals surface area contributed by atoms with Crippen LogP contribution in [0.3, 0.4) is 0 Å². The van der Waals surface area contributed by atoms with E-state index in [-0.39, 0.29) is 6.92 Å². The number of ether oxygens (including phenoxy) is 1. The molecule has 0 bridgehead atoms. The third kappa shape index (κ3) is 6.73. The maximum atomic E-state index is 11.2. The van der Waals surface area contributed by atoms with Crippen LogP contribution >= 0.6 is 0 Å². The van der Waals surface area contributed by atoms with Gasteiger partial charge < -0.3 is 9.84 Å². The molecule has 172 valence electrons. The molecule has 0 aromatic heterocycles. The third-order valence-corrected chi connectivity index (χ3v) is 4.89. The molecule has 3 aromatic rings. The number of aliphatic hydroxyl groups is 1. The van der Waals surface area contributed by atoms with Crippen molar-refractivity contribution in [3.63, 3.8) is 0 Å². The Morgan fingerprint density at radius 3 is 1.88 bits per heavy atom. The minimum atomic E-state index is -4.00. The normalized spacial score (nSPS) is 12.9. The molecule has 1 unspecified atom stereocenters. The number of aryl methyl sites for hydroxylation is 1. The van der Waals surface area contributed by atoms with E-state index in [1.807, 2.05) is 79.6 Å². The zero-order valence-electron chi connectivity index (χ0n) is 18.9. The zero-order valence-corrected chi connectivity index (χ0v) is 18.9. The molecule has 32 heavy (non-hydrogen) atoms. The fraction of sp³-hybridized carbons (Fsp3) is 0.280. The number of alkyl halides is 3. The van der Waals surface area contributed by atoms with E-state index in [0.717, 1.165) is 33.8 Å². The smallest absolute Gasteiger partial charge is 0.386 e. The SMILES string of the molecule is CC(F)(F)F.CNN(c1ccccc1)c1ccc(C(C)(O)c2ccc(OC)cc2)cc1C. The van der Waals surface area contributed by atoms with Crippen molar-refractivity contribution in [2.24, 2.45) is 0 Å². The highest BCUT2D eigenvalue weighted by atomic mass is 19.4. The Morgan fingerprint density at radius 2 is 1.41 bits per heavy atom. The highest BCUT2D eigenvalue weighted by Gasteiger charge is 2.26. The first-order valence-corrected chi connectivity index (χ1v) is 10.0. The second kappa shape index (κ2) is 10.5. The van der Waals surface area contributed by atoms with Gasteiger partial charge in [0, 0.05) is 14.0 Å². The second-order valence-corrected chi connectivity index (χ2v) is 7.48. The van der Waals surface area contributed by atoms with Crippen LogP contribution in [0.15, 0.2) is 72.8 Å². The summed E-state index contributed by atoms with van der Waals surface area (Å²) in [5.74, 6) is 0.772. The average Bonchev–Trinajstić information content (AvgIpc) is 2.75. The molecular weight excluding hydrogens is 417 g/mol. The van der Waals surface area contributed by atoms with Gasteiger partial charge in [-0.3, -0.25) is 5.01 Å². The van der Waals surface area contributed by atoms with Gasteiger partial charge in [-0.1, -0.05) is 42.5 Å². The Bertz CT molecular complexity index is 982. The van der Waals surface area contributed by atoms with Crippen LogP contribution in [0.2, 0.25) is 0 Å². The highest BCUT2D eigenvalue weighted by Crippen LogP contribution is 2.34. The lowest BCUT2D eigenvalue weighted by Gasteiger charge is -2.29. The number of halogens is 3. The van der Waals surface area contributed by atoms with Crippen LogP contribution in [0, 0.1) is 6.92 Å². The number of benzene rings is 3. The minimum Gasteiger partial charge on any atom is -0.497 e. The van der Waals surface area contributed by atoms with Crippen LogP contribution < -0.4 is 15.2 Å². The van der Waals surface area contributed by atoms with Gasteiger partial charge in [0.25, 0.3) is 0 Å². The molecule has 0 heterocycles. The first kappa shape index (κ1) is 25.2. The number of methoxy groups -OCH3 is 1. The summed E-state index contributed by atoms with van der Waals surface area (Å²) in [6, 6.07) is 23.7. The molecule has 4 nitrogen and oxygen atoms in total. The standard InChI is InChI=1S/C23H26N2O2.C2H3F3/c1-17-16-19(23(2,26)18-10-13-21(27-4)14-11-18)12-15-22(17)25(24-3)20-8-6-5-7-9-20;1-2(3,4)5/h5-16,24,26H,1-4H3;1H3. The predicted molar refractivity (Wildman–Crippen MR) is 122 cm³/mol. The molecule has 3 aromatic carbocycles. The molecule has 0 fully saturated rings. The van der Waals surface area contributed by atoms with Gasteiger partial charge in [0.2, 0.25) is 0 Å². The Labute approximate surface area is 187 Å². The molecule has 1 atom stereocenters. The van der Waals surface area contributed by atoms with Crippen molar-refractivity contribution in [1.82, 2.24) is 5.43 Å². The van der Waals surface area contributed by atoms with Gasteiger partial charge in [-0.15, -0.1) is 0 Å². The molecule has 0 amide bonds. The second-order valence-electron chi connectivity index (χ2n) is 7.48. The van der Waals surface area contributed by atoms with E-state index in [4.69, 9.17) is 4.74 Å². The van der Waals surface area contributed by atoms with Crippen molar-refractivity contribution >= 4 is 11.4 Å². The lowest BCUT2D eigenvalue weighted by Crippen LogP contribution is -2.31. The maximum absolute atomic E-state index is 11.2. The summed E-state index contributed by atoms with van der Waals surface area (Å²) >= 11 is 0. The summed E-state index contributed by atoms with van der Waals surface area (Å²) in [6.07, 6.45) is -4.00. The number of hydrogen-bond acceptors (Lipinski definition) is 4. The van der Waals surface area contributed by atoms with Crippen molar-refractivity contribution < 1.29 is 23.0 Å². The predicted octanol–water partition coefficient (Wildman–Crippen LogP) is 6.10. The molecular formula is C25H29F3N2O2. The Kier molecular flexibility index (Phi) is 8.30. The topological polar surface area (TPSA) is 44.7 Å². The van der Waals surface area contributed by atoms with Gasteiger partial charge in [0.15, 0.2) is 0 Å². The van der Waals surface area contributed by atoms with E-state index in [2.05, 4.69) is 24.5 Å². The molecule has 0 aliphatic carbocycles. The Hall–Kier alpha value is -3.03. The molecule has 0 saturated heterocycles. The number of hydrazine groups is 1. The van der Waals surface area contributed by atoms with Crippen LogP contribution in [-0.2, 0) is 5.60 Å². The number of rotatable bonds is 6. The van der Waals surface area contributed by atoms with Crippen molar-refractivity contribution in [1.29, 1.82) is 0 Å². The van der Waals surface area contributed by atoms with Crippen molar-refractivity contribution in [2.75, 3.05) is 19.2 Å². The number of hydrogen-bond donors (Lipinski definition) is 2.